The fourth-order valence-electron chi connectivity index (χ4n) is 2.13. The first-order valence-corrected chi connectivity index (χ1v) is 6.24. The Hall–Kier alpha value is -2.26. The van der Waals surface area contributed by atoms with Gasteiger partial charge in [0.25, 0.3) is 0 Å². The molecule has 0 aliphatic heterocycles. The van der Waals surface area contributed by atoms with Crippen molar-refractivity contribution in [3.63, 3.8) is 0 Å². The van der Waals surface area contributed by atoms with Gasteiger partial charge in [0, 0.05) is 30.4 Å². The molecule has 0 bridgehead atoms. The van der Waals surface area contributed by atoms with Crippen molar-refractivity contribution in [2.75, 3.05) is 0 Å². The van der Waals surface area contributed by atoms with Gasteiger partial charge >= 0.3 is 0 Å². The van der Waals surface area contributed by atoms with Gasteiger partial charge in [0.1, 0.15) is 0 Å². The molecule has 0 saturated heterocycles. The van der Waals surface area contributed by atoms with E-state index in [9.17, 15) is 5.11 Å². The molecule has 0 amide bonds. The predicted octanol–water partition coefficient (Wildman–Crippen LogP) is 2.91. The summed E-state index contributed by atoms with van der Waals surface area (Å²) in [6, 6.07) is 13.7. The lowest BCUT2D eigenvalue weighted by atomic mass is 10.0. The highest BCUT2D eigenvalue weighted by Gasteiger charge is 2.09. The summed E-state index contributed by atoms with van der Waals surface area (Å²) < 4.78 is 0. The summed E-state index contributed by atoms with van der Waals surface area (Å²) in [4.78, 5) is 8.34. The van der Waals surface area contributed by atoms with Crippen LogP contribution in [-0.4, -0.2) is 15.1 Å². The number of benzene rings is 1. The molecule has 0 radical (unpaired) electrons. The van der Waals surface area contributed by atoms with Crippen LogP contribution in [0.3, 0.4) is 0 Å². The molecule has 0 aliphatic rings. The zero-order valence-corrected chi connectivity index (χ0v) is 10.4. The molecule has 0 fully saturated rings. The molecule has 19 heavy (non-hydrogen) atoms. The minimum absolute atomic E-state index is 0.542. The molecular formula is C16H14N2O. The number of para-hydroxylation sites is 1. The predicted molar refractivity (Wildman–Crippen MR) is 74.6 cm³/mol. The normalized spacial score (nSPS) is 12.5. The molecule has 0 spiro atoms. The van der Waals surface area contributed by atoms with Crippen LogP contribution in [0.1, 0.15) is 17.2 Å². The molecule has 3 heteroatoms. The number of pyridine rings is 2. The van der Waals surface area contributed by atoms with Crippen molar-refractivity contribution in [2.45, 2.75) is 12.5 Å². The highest BCUT2D eigenvalue weighted by atomic mass is 16.3. The number of aliphatic hydroxyl groups excluding tert-OH is 1. The van der Waals surface area contributed by atoms with E-state index in [2.05, 4.69) is 9.97 Å². The van der Waals surface area contributed by atoms with E-state index in [0.29, 0.717) is 6.42 Å². The maximum absolute atomic E-state index is 10.3. The van der Waals surface area contributed by atoms with E-state index in [1.807, 2.05) is 42.5 Å². The summed E-state index contributed by atoms with van der Waals surface area (Å²) in [5, 5.41) is 11.3. The second kappa shape index (κ2) is 5.16. The van der Waals surface area contributed by atoms with Crippen molar-refractivity contribution in [3.05, 3.63) is 72.2 Å². The molecule has 0 saturated carbocycles. The Kier molecular flexibility index (Phi) is 3.21. The van der Waals surface area contributed by atoms with Crippen LogP contribution in [0.4, 0.5) is 0 Å². The lowest BCUT2D eigenvalue weighted by Gasteiger charge is -2.11. The van der Waals surface area contributed by atoms with E-state index in [4.69, 9.17) is 0 Å². The number of nitrogens with zero attached hydrogens (tertiary/aromatic N) is 2. The molecule has 1 N–H and O–H groups in total. The first kappa shape index (κ1) is 11.8. The summed E-state index contributed by atoms with van der Waals surface area (Å²) in [5.41, 5.74) is 2.86. The fraction of sp³-hybridized carbons (Fsp3) is 0.125. The first-order valence-electron chi connectivity index (χ1n) is 6.24. The van der Waals surface area contributed by atoms with Crippen molar-refractivity contribution in [1.29, 1.82) is 0 Å². The van der Waals surface area contributed by atoms with Crippen LogP contribution in [-0.2, 0) is 6.42 Å². The van der Waals surface area contributed by atoms with Gasteiger partial charge in [-0.05, 0) is 35.4 Å². The summed E-state index contributed by atoms with van der Waals surface area (Å²) >= 11 is 0. The second-order valence-electron chi connectivity index (χ2n) is 4.54. The molecule has 0 aliphatic carbocycles. The van der Waals surface area contributed by atoms with Crippen LogP contribution >= 0.6 is 0 Å². The average molecular weight is 250 g/mol. The third-order valence-corrected chi connectivity index (χ3v) is 3.17. The Balaban J connectivity index is 1.87. The van der Waals surface area contributed by atoms with Gasteiger partial charge in [-0.1, -0.05) is 18.2 Å². The number of aliphatic hydroxyl groups is 1. The minimum atomic E-state index is -0.542. The molecule has 1 aromatic carbocycles. The van der Waals surface area contributed by atoms with Crippen LogP contribution in [0.2, 0.25) is 0 Å². The molecule has 2 aromatic heterocycles. The zero-order valence-electron chi connectivity index (χ0n) is 10.4. The van der Waals surface area contributed by atoms with Gasteiger partial charge in [-0.15, -0.1) is 0 Å². The van der Waals surface area contributed by atoms with Gasteiger partial charge in [-0.2, -0.15) is 0 Å². The molecule has 3 aromatic rings. The van der Waals surface area contributed by atoms with Gasteiger partial charge in [-0.3, -0.25) is 9.97 Å². The number of aromatic nitrogens is 2. The maximum atomic E-state index is 10.3. The highest BCUT2D eigenvalue weighted by Crippen LogP contribution is 2.21. The topological polar surface area (TPSA) is 46.0 Å². The van der Waals surface area contributed by atoms with Crippen molar-refractivity contribution in [2.24, 2.45) is 0 Å². The zero-order chi connectivity index (χ0) is 13.1. The number of rotatable bonds is 3. The monoisotopic (exact) mass is 250 g/mol. The van der Waals surface area contributed by atoms with Crippen LogP contribution in [0.5, 0.6) is 0 Å². The van der Waals surface area contributed by atoms with Gasteiger partial charge in [-0.25, -0.2) is 0 Å². The van der Waals surface area contributed by atoms with E-state index in [-0.39, 0.29) is 0 Å². The molecule has 2 heterocycles. The van der Waals surface area contributed by atoms with Gasteiger partial charge < -0.3 is 5.11 Å². The average Bonchev–Trinajstić information content (AvgIpc) is 2.48. The molecule has 3 nitrogen and oxygen atoms in total. The largest absolute Gasteiger partial charge is 0.388 e. The molecule has 1 atom stereocenters. The Bertz CT molecular complexity index is 682. The van der Waals surface area contributed by atoms with Gasteiger partial charge in [0.05, 0.1) is 11.6 Å². The standard InChI is InChI=1S/C16H14N2O/c19-16(9-12-5-7-17-8-6-12)14-10-13-3-1-2-4-15(13)18-11-14/h1-8,10-11,16,19H,9H2. The van der Waals surface area contributed by atoms with Crippen LogP contribution in [0.15, 0.2) is 61.1 Å². The van der Waals surface area contributed by atoms with E-state index in [1.165, 1.54) is 0 Å². The Morgan fingerprint density at radius 2 is 1.84 bits per heavy atom. The fourth-order valence-corrected chi connectivity index (χ4v) is 2.13. The number of fused-ring (bicyclic) bond motifs is 1. The minimum Gasteiger partial charge on any atom is -0.388 e. The number of hydrogen-bond acceptors (Lipinski definition) is 3. The van der Waals surface area contributed by atoms with Crippen LogP contribution in [0.25, 0.3) is 10.9 Å². The van der Waals surface area contributed by atoms with E-state index >= 15 is 0 Å². The smallest absolute Gasteiger partial charge is 0.0845 e. The Morgan fingerprint density at radius 3 is 2.68 bits per heavy atom. The van der Waals surface area contributed by atoms with Gasteiger partial charge in [0.2, 0.25) is 0 Å². The molecule has 94 valence electrons. The van der Waals surface area contributed by atoms with Crippen molar-refractivity contribution >= 4 is 10.9 Å². The molecule has 3 rings (SSSR count). The van der Waals surface area contributed by atoms with Crippen molar-refractivity contribution < 1.29 is 5.11 Å². The van der Waals surface area contributed by atoms with Crippen molar-refractivity contribution in [1.82, 2.24) is 9.97 Å². The highest BCUT2D eigenvalue weighted by molar-refractivity contribution is 5.78. The Labute approximate surface area is 111 Å². The van der Waals surface area contributed by atoms with Crippen molar-refractivity contribution in [3.8, 4) is 0 Å². The van der Waals surface area contributed by atoms with E-state index in [0.717, 1.165) is 22.0 Å². The summed E-state index contributed by atoms with van der Waals surface area (Å²) in [6.07, 6.45) is 5.25. The molecule has 1 unspecified atom stereocenters. The maximum Gasteiger partial charge on any atom is 0.0845 e. The van der Waals surface area contributed by atoms with E-state index < -0.39 is 6.10 Å². The lowest BCUT2D eigenvalue weighted by Crippen LogP contribution is -2.02. The SMILES string of the molecule is OC(Cc1ccncc1)c1cnc2ccccc2c1. The first-order chi connectivity index (χ1) is 9.33. The van der Waals surface area contributed by atoms with Crippen LogP contribution < -0.4 is 0 Å². The number of hydrogen-bond donors (Lipinski definition) is 1. The van der Waals surface area contributed by atoms with Gasteiger partial charge in [0.15, 0.2) is 0 Å². The quantitative estimate of drug-likeness (QED) is 0.777. The summed E-state index contributed by atoms with van der Waals surface area (Å²) in [6.45, 7) is 0. The Morgan fingerprint density at radius 1 is 1.05 bits per heavy atom. The molecular weight excluding hydrogens is 236 g/mol. The second-order valence-corrected chi connectivity index (χ2v) is 4.54. The lowest BCUT2D eigenvalue weighted by molar-refractivity contribution is 0.178. The van der Waals surface area contributed by atoms with Crippen LogP contribution in [0, 0.1) is 0 Å². The van der Waals surface area contributed by atoms with E-state index in [1.54, 1.807) is 18.6 Å². The third kappa shape index (κ3) is 2.61. The summed E-state index contributed by atoms with van der Waals surface area (Å²) in [7, 11) is 0. The summed E-state index contributed by atoms with van der Waals surface area (Å²) in [5.74, 6) is 0. The third-order valence-electron chi connectivity index (χ3n) is 3.17.